The third-order valence-corrected chi connectivity index (χ3v) is 1.89. The molecule has 0 spiro atoms. The Hall–Kier alpha value is -2.04. The van der Waals surface area contributed by atoms with Crippen LogP contribution in [-0.2, 0) is 0 Å². The molecule has 1 aromatic rings. The number of ether oxygens (including phenoxy) is 2. The standard InChI is InChI=1S/C11H13NO4/c1-3-16-10-6-4-5-9(11(10)15-2)7-8-12(13)14/h4-8H,3H2,1-2H3. The lowest BCUT2D eigenvalue weighted by molar-refractivity contribution is -0.400. The average molecular weight is 223 g/mol. The fraction of sp³-hybridized carbons (Fsp3) is 0.273. The predicted molar refractivity (Wildman–Crippen MR) is 60.2 cm³/mol. The van der Waals surface area contributed by atoms with Crippen molar-refractivity contribution >= 4 is 6.08 Å². The number of rotatable bonds is 5. The Morgan fingerprint density at radius 3 is 2.81 bits per heavy atom. The van der Waals surface area contributed by atoms with Crippen molar-refractivity contribution in [3.63, 3.8) is 0 Å². The number of methoxy groups -OCH3 is 1. The first-order valence-electron chi connectivity index (χ1n) is 4.80. The molecule has 0 saturated heterocycles. The van der Waals surface area contributed by atoms with E-state index >= 15 is 0 Å². The van der Waals surface area contributed by atoms with Crippen molar-refractivity contribution in [2.24, 2.45) is 0 Å². The molecular weight excluding hydrogens is 210 g/mol. The lowest BCUT2D eigenvalue weighted by Gasteiger charge is -2.10. The van der Waals surface area contributed by atoms with Gasteiger partial charge < -0.3 is 9.47 Å². The summed E-state index contributed by atoms with van der Waals surface area (Å²) in [6.45, 7) is 2.37. The summed E-state index contributed by atoms with van der Waals surface area (Å²) in [7, 11) is 1.50. The summed E-state index contributed by atoms with van der Waals surface area (Å²) in [5, 5.41) is 10.2. The van der Waals surface area contributed by atoms with E-state index < -0.39 is 4.92 Å². The van der Waals surface area contributed by atoms with Crippen LogP contribution in [0.4, 0.5) is 0 Å². The van der Waals surface area contributed by atoms with E-state index in [4.69, 9.17) is 9.47 Å². The van der Waals surface area contributed by atoms with Gasteiger partial charge in [0, 0.05) is 11.6 Å². The maximum atomic E-state index is 10.2. The maximum absolute atomic E-state index is 10.2. The molecule has 86 valence electrons. The zero-order chi connectivity index (χ0) is 12.0. The first-order chi connectivity index (χ1) is 7.69. The molecule has 0 saturated carbocycles. The largest absolute Gasteiger partial charge is 0.492 e. The van der Waals surface area contributed by atoms with Crippen molar-refractivity contribution < 1.29 is 14.4 Å². The molecule has 0 atom stereocenters. The summed E-state index contributed by atoms with van der Waals surface area (Å²) in [6, 6.07) is 5.24. The second kappa shape index (κ2) is 5.75. The predicted octanol–water partition coefficient (Wildman–Crippen LogP) is 2.34. The van der Waals surface area contributed by atoms with Crippen LogP contribution in [0.5, 0.6) is 11.5 Å². The van der Waals surface area contributed by atoms with Gasteiger partial charge in [-0.2, -0.15) is 0 Å². The van der Waals surface area contributed by atoms with E-state index in [0.717, 1.165) is 6.20 Å². The number of nitro groups is 1. The Morgan fingerprint density at radius 1 is 1.50 bits per heavy atom. The highest BCUT2D eigenvalue weighted by atomic mass is 16.6. The zero-order valence-corrected chi connectivity index (χ0v) is 9.17. The minimum atomic E-state index is -0.521. The summed E-state index contributed by atoms with van der Waals surface area (Å²) in [5.74, 6) is 1.08. The molecule has 1 rings (SSSR count). The number of nitrogens with zero attached hydrogens (tertiary/aromatic N) is 1. The zero-order valence-electron chi connectivity index (χ0n) is 9.17. The molecule has 0 radical (unpaired) electrons. The second-order valence-corrected chi connectivity index (χ2v) is 2.91. The van der Waals surface area contributed by atoms with Crippen LogP contribution in [0.3, 0.4) is 0 Å². The van der Waals surface area contributed by atoms with Gasteiger partial charge >= 0.3 is 0 Å². The Bertz CT molecular complexity index is 401. The second-order valence-electron chi connectivity index (χ2n) is 2.91. The smallest absolute Gasteiger partial charge is 0.235 e. The van der Waals surface area contributed by atoms with Crippen LogP contribution < -0.4 is 9.47 Å². The fourth-order valence-electron chi connectivity index (χ4n) is 1.29. The molecule has 0 bridgehead atoms. The normalized spacial score (nSPS) is 10.4. The van der Waals surface area contributed by atoms with Crippen molar-refractivity contribution in [2.75, 3.05) is 13.7 Å². The molecule has 0 amide bonds. The summed E-state index contributed by atoms with van der Waals surface area (Å²) >= 11 is 0. The third kappa shape index (κ3) is 2.98. The highest BCUT2D eigenvalue weighted by Crippen LogP contribution is 2.31. The molecule has 5 heteroatoms. The van der Waals surface area contributed by atoms with E-state index in [-0.39, 0.29) is 0 Å². The summed E-state index contributed by atoms with van der Waals surface area (Å²) in [4.78, 5) is 9.71. The molecule has 0 aliphatic carbocycles. The molecule has 0 heterocycles. The quantitative estimate of drug-likeness (QED) is 0.567. The summed E-state index contributed by atoms with van der Waals surface area (Å²) < 4.78 is 10.5. The minimum Gasteiger partial charge on any atom is -0.492 e. The van der Waals surface area contributed by atoms with Crippen LogP contribution in [0.15, 0.2) is 24.4 Å². The van der Waals surface area contributed by atoms with Gasteiger partial charge in [0.05, 0.1) is 18.6 Å². The van der Waals surface area contributed by atoms with Gasteiger partial charge in [-0.15, -0.1) is 0 Å². The fourth-order valence-corrected chi connectivity index (χ4v) is 1.29. The van der Waals surface area contributed by atoms with Gasteiger partial charge in [0.2, 0.25) is 6.20 Å². The summed E-state index contributed by atoms with van der Waals surface area (Å²) in [6.07, 6.45) is 2.24. The van der Waals surface area contributed by atoms with Crippen LogP contribution in [0.1, 0.15) is 12.5 Å². The Balaban J connectivity index is 3.08. The molecule has 0 fully saturated rings. The van der Waals surface area contributed by atoms with Gasteiger partial charge in [-0.3, -0.25) is 10.1 Å². The van der Waals surface area contributed by atoms with E-state index in [1.165, 1.54) is 13.2 Å². The average Bonchev–Trinajstić information content (AvgIpc) is 2.27. The van der Waals surface area contributed by atoms with Crippen molar-refractivity contribution in [1.29, 1.82) is 0 Å². The maximum Gasteiger partial charge on any atom is 0.235 e. The van der Waals surface area contributed by atoms with Crippen molar-refractivity contribution in [1.82, 2.24) is 0 Å². The Morgan fingerprint density at radius 2 is 2.25 bits per heavy atom. The van der Waals surface area contributed by atoms with Crippen LogP contribution in [0.2, 0.25) is 0 Å². The molecule has 5 nitrogen and oxygen atoms in total. The van der Waals surface area contributed by atoms with Gasteiger partial charge in [0.25, 0.3) is 0 Å². The van der Waals surface area contributed by atoms with Gasteiger partial charge in [0.1, 0.15) is 0 Å². The highest BCUT2D eigenvalue weighted by molar-refractivity contribution is 5.61. The van der Waals surface area contributed by atoms with Crippen molar-refractivity contribution in [2.45, 2.75) is 6.92 Å². The van der Waals surface area contributed by atoms with Gasteiger partial charge in [-0.25, -0.2) is 0 Å². The highest BCUT2D eigenvalue weighted by Gasteiger charge is 2.08. The van der Waals surface area contributed by atoms with E-state index in [0.29, 0.717) is 23.7 Å². The van der Waals surface area contributed by atoms with Crippen LogP contribution >= 0.6 is 0 Å². The van der Waals surface area contributed by atoms with E-state index in [1.807, 2.05) is 6.92 Å². The number of hydrogen-bond acceptors (Lipinski definition) is 4. The van der Waals surface area contributed by atoms with E-state index in [9.17, 15) is 10.1 Å². The van der Waals surface area contributed by atoms with Gasteiger partial charge in [0.15, 0.2) is 11.5 Å². The van der Waals surface area contributed by atoms with E-state index in [1.54, 1.807) is 18.2 Å². The topological polar surface area (TPSA) is 61.6 Å². The van der Waals surface area contributed by atoms with Gasteiger partial charge in [-0.05, 0) is 13.0 Å². The molecule has 0 unspecified atom stereocenters. The van der Waals surface area contributed by atoms with Crippen LogP contribution in [-0.4, -0.2) is 18.6 Å². The van der Waals surface area contributed by atoms with Crippen LogP contribution in [0.25, 0.3) is 6.08 Å². The molecular formula is C11H13NO4. The molecule has 1 aromatic carbocycles. The lowest BCUT2D eigenvalue weighted by Crippen LogP contribution is -1.96. The first-order valence-corrected chi connectivity index (χ1v) is 4.80. The summed E-state index contributed by atoms with van der Waals surface area (Å²) in [5.41, 5.74) is 0.616. The SMILES string of the molecule is CCOc1cccc(C=C[N+](=O)[O-])c1OC. The number of para-hydroxylation sites is 1. The van der Waals surface area contributed by atoms with E-state index in [2.05, 4.69) is 0 Å². The van der Waals surface area contributed by atoms with Crippen molar-refractivity contribution in [3.05, 3.63) is 40.1 Å². The van der Waals surface area contributed by atoms with Crippen LogP contribution in [0, 0.1) is 10.1 Å². The first kappa shape index (κ1) is 12.0. The number of hydrogen-bond donors (Lipinski definition) is 0. The monoisotopic (exact) mass is 223 g/mol. The Labute approximate surface area is 93.4 Å². The minimum absolute atomic E-state index is 0.502. The molecule has 0 aliphatic rings. The van der Waals surface area contributed by atoms with Crippen molar-refractivity contribution in [3.8, 4) is 11.5 Å². The molecule has 0 aromatic heterocycles. The molecule has 0 N–H and O–H groups in total. The van der Waals surface area contributed by atoms with Gasteiger partial charge in [-0.1, -0.05) is 12.1 Å². The molecule has 16 heavy (non-hydrogen) atoms. The lowest BCUT2D eigenvalue weighted by atomic mass is 10.2. The number of benzene rings is 1. The molecule has 0 aliphatic heterocycles. The third-order valence-electron chi connectivity index (χ3n) is 1.89. The Kier molecular flexibility index (Phi) is 4.32.